The summed E-state index contributed by atoms with van der Waals surface area (Å²) in [4.78, 5) is 11.5. The second kappa shape index (κ2) is 5.63. The molecule has 1 aromatic carbocycles. The van der Waals surface area contributed by atoms with Crippen LogP contribution in [0.4, 0.5) is 5.82 Å². The van der Waals surface area contributed by atoms with Crippen LogP contribution in [0.2, 0.25) is 0 Å². The summed E-state index contributed by atoms with van der Waals surface area (Å²) in [6.07, 6.45) is 1.12. The zero-order chi connectivity index (χ0) is 13.9. The predicted molar refractivity (Wildman–Crippen MR) is 80.4 cm³/mol. The van der Waals surface area contributed by atoms with E-state index in [4.69, 9.17) is 9.72 Å². The van der Waals surface area contributed by atoms with Crippen molar-refractivity contribution in [1.82, 2.24) is 15.3 Å². The second-order valence-electron chi connectivity index (χ2n) is 5.03. The van der Waals surface area contributed by atoms with Crippen LogP contribution in [-0.2, 0) is 0 Å². The van der Waals surface area contributed by atoms with Crippen molar-refractivity contribution in [2.45, 2.75) is 19.4 Å². The van der Waals surface area contributed by atoms with Crippen LogP contribution in [0.1, 0.15) is 13.3 Å². The molecule has 3 rings (SSSR count). The van der Waals surface area contributed by atoms with Crippen LogP contribution in [-0.4, -0.2) is 42.8 Å². The Morgan fingerprint density at radius 2 is 2.05 bits per heavy atom. The van der Waals surface area contributed by atoms with Crippen LogP contribution in [0.25, 0.3) is 11.0 Å². The molecule has 1 saturated heterocycles. The molecule has 0 unspecified atom stereocenters. The molecule has 0 bridgehead atoms. The summed E-state index contributed by atoms with van der Waals surface area (Å²) in [5, 5.41) is 3.38. The molecule has 20 heavy (non-hydrogen) atoms. The Kier molecular flexibility index (Phi) is 3.69. The van der Waals surface area contributed by atoms with Gasteiger partial charge >= 0.3 is 0 Å². The SMILES string of the molecule is CCOc1nc2ccccc2nc1N(C)[C@H]1CCNC1. The van der Waals surface area contributed by atoms with Crippen molar-refractivity contribution in [1.29, 1.82) is 0 Å². The standard InChI is InChI=1S/C15H20N4O/c1-3-20-15-14(19(2)11-8-9-16-10-11)17-12-6-4-5-7-13(12)18-15/h4-7,11,16H,3,8-10H2,1-2H3/t11-/m0/s1. The molecule has 1 N–H and O–H groups in total. The van der Waals surface area contributed by atoms with Crippen molar-refractivity contribution in [2.24, 2.45) is 0 Å². The molecular formula is C15H20N4O. The summed E-state index contributed by atoms with van der Waals surface area (Å²) < 4.78 is 5.69. The quantitative estimate of drug-likeness (QED) is 0.920. The molecule has 5 heteroatoms. The first-order valence-electron chi connectivity index (χ1n) is 7.12. The number of hydrogen-bond acceptors (Lipinski definition) is 5. The lowest BCUT2D eigenvalue weighted by molar-refractivity contribution is 0.326. The van der Waals surface area contributed by atoms with Gasteiger partial charge in [0.2, 0.25) is 0 Å². The monoisotopic (exact) mass is 272 g/mol. The average Bonchev–Trinajstić information content (AvgIpc) is 3.00. The minimum absolute atomic E-state index is 0.449. The van der Waals surface area contributed by atoms with E-state index in [-0.39, 0.29) is 0 Å². The molecule has 1 atom stereocenters. The molecule has 1 aromatic heterocycles. The Balaban J connectivity index is 2.03. The topological polar surface area (TPSA) is 50.3 Å². The highest BCUT2D eigenvalue weighted by molar-refractivity contribution is 5.77. The maximum Gasteiger partial charge on any atom is 0.258 e. The smallest absolute Gasteiger partial charge is 0.258 e. The summed E-state index contributed by atoms with van der Waals surface area (Å²) in [5.41, 5.74) is 1.78. The van der Waals surface area contributed by atoms with Crippen molar-refractivity contribution in [2.75, 3.05) is 31.6 Å². The summed E-state index contributed by atoms with van der Waals surface area (Å²) in [7, 11) is 2.07. The Hall–Kier alpha value is -1.88. The number of hydrogen-bond donors (Lipinski definition) is 1. The van der Waals surface area contributed by atoms with Crippen molar-refractivity contribution in [3.05, 3.63) is 24.3 Å². The van der Waals surface area contributed by atoms with Gasteiger partial charge in [0.15, 0.2) is 5.82 Å². The second-order valence-corrected chi connectivity index (χ2v) is 5.03. The highest BCUT2D eigenvalue weighted by Gasteiger charge is 2.24. The van der Waals surface area contributed by atoms with E-state index in [2.05, 4.69) is 22.2 Å². The van der Waals surface area contributed by atoms with Crippen LogP contribution in [0.5, 0.6) is 5.88 Å². The third kappa shape index (κ3) is 2.41. The average molecular weight is 272 g/mol. The fraction of sp³-hybridized carbons (Fsp3) is 0.467. The van der Waals surface area contributed by atoms with Crippen LogP contribution >= 0.6 is 0 Å². The number of likely N-dealkylation sites (N-methyl/N-ethyl adjacent to an activating group) is 1. The van der Waals surface area contributed by atoms with Gasteiger partial charge in [0.05, 0.1) is 17.6 Å². The number of aromatic nitrogens is 2. The third-order valence-corrected chi connectivity index (χ3v) is 3.72. The van der Waals surface area contributed by atoms with Gasteiger partial charge in [-0.3, -0.25) is 0 Å². The van der Waals surface area contributed by atoms with Crippen LogP contribution < -0.4 is 15.0 Å². The normalized spacial score (nSPS) is 18.4. The first kappa shape index (κ1) is 13.1. The molecule has 0 saturated carbocycles. The van der Waals surface area contributed by atoms with E-state index < -0.39 is 0 Å². The highest BCUT2D eigenvalue weighted by Crippen LogP contribution is 2.28. The van der Waals surface area contributed by atoms with E-state index >= 15 is 0 Å². The molecular weight excluding hydrogens is 252 g/mol. The van der Waals surface area contributed by atoms with Gasteiger partial charge in [-0.2, -0.15) is 0 Å². The first-order valence-corrected chi connectivity index (χ1v) is 7.12. The van der Waals surface area contributed by atoms with E-state index in [1.807, 2.05) is 31.2 Å². The zero-order valence-electron chi connectivity index (χ0n) is 12.0. The number of para-hydroxylation sites is 2. The maximum atomic E-state index is 5.69. The molecule has 2 aromatic rings. The zero-order valence-corrected chi connectivity index (χ0v) is 12.0. The number of anilines is 1. The molecule has 5 nitrogen and oxygen atoms in total. The van der Waals surface area contributed by atoms with Gasteiger partial charge < -0.3 is 15.0 Å². The fourth-order valence-electron chi connectivity index (χ4n) is 2.58. The summed E-state index contributed by atoms with van der Waals surface area (Å²) in [6.45, 7) is 4.60. The van der Waals surface area contributed by atoms with E-state index in [0.717, 1.165) is 36.4 Å². The van der Waals surface area contributed by atoms with Crippen molar-refractivity contribution < 1.29 is 4.74 Å². The van der Waals surface area contributed by atoms with Crippen molar-refractivity contribution in [3.8, 4) is 5.88 Å². The highest BCUT2D eigenvalue weighted by atomic mass is 16.5. The minimum Gasteiger partial charge on any atom is -0.475 e. The van der Waals surface area contributed by atoms with Crippen molar-refractivity contribution in [3.63, 3.8) is 0 Å². The largest absolute Gasteiger partial charge is 0.475 e. The Bertz CT molecular complexity index is 595. The lowest BCUT2D eigenvalue weighted by atomic mass is 10.2. The number of ether oxygens (including phenoxy) is 1. The number of benzene rings is 1. The van der Waals surface area contributed by atoms with Gasteiger partial charge in [-0.15, -0.1) is 0 Å². The Morgan fingerprint density at radius 3 is 2.70 bits per heavy atom. The maximum absolute atomic E-state index is 5.69. The van der Waals surface area contributed by atoms with Crippen LogP contribution in [0.3, 0.4) is 0 Å². The number of nitrogens with one attached hydrogen (secondary N) is 1. The molecule has 2 heterocycles. The van der Waals surface area contributed by atoms with Crippen LogP contribution in [0, 0.1) is 0 Å². The number of fused-ring (bicyclic) bond motifs is 1. The Morgan fingerprint density at radius 1 is 1.30 bits per heavy atom. The number of nitrogens with zero attached hydrogens (tertiary/aromatic N) is 3. The van der Waals surface area contributed by atoms with Gasteiger partial charge in [-0.25, -0.2) is 9.97 Å². The molecule has 106 valence electrons. The minimum atomic E-state index is 0.449. The predicted octanol–water partition coefficient (Wildman–Crippen LogP) is 1.83. The summed E-state index contributed by atoms with van der Waals surface area (Å²) >= 11 is 0. The Labute approximate surface area is 119 Å². The van der Waals surface area contributed by atoms with Crippen molar-refractivity contribution >= 4 is 16.9 Å². The van der Waals surface area contributed by atoms with E-state index in [9.17, 15) is 0 Å². The third-order valence-electron chi connectivity index (χ3n) is 3.72. The molecule has 0 amide bonds. The van der Waals surface area contributed by atoms with E-state index in [1.54, 1.807) is 0 Å². The van der Waals surface area contributed by atoms with Crippen LogP contribution in [0.15, 0.2) is 24.3 Å². The van der Waals surface area contributed by atoms with E-state index in [0.29, 0.717) is 18.5 Å². The van der Waals surface area contributed by atoms with Gasteiger partial charge in [0.25, 0.3) is 5.88 Å². The molecule has 0 aliphatic carbocycles. The molecule has 0 radical (unpaired) electrons. The van der Waals surface area contributed by atoms with Gasteiger partial charge in [-0.1, -0.05) is 12.1 Å². The summed E-state index contributed by atoms with van der Waals surface area (Å²) in [5.74, 6) is 1.46. The lowest BCUT2D eigenvalue weighted by Gasteiger charge is -2.26. The van der Waals surface area contributed by atoms with Gasteiger partial charge in [-0.05, 0) is 32.0 Å². The van der Waals surface area contributed by atoms with E-state index in [1.165, 1.54) is 0 Å². The lowest BCUT2D eigenvalue weighted by Crippen LogP contribution is -2.34. The molecule has 1 fully saturated rings. The number of rotatable bonds is 4. The fourth-order valence-corrected chi connectivity index (χ4v) is 2.58. The van der Waals surface area contributed by atoms with Gasteiger partial charge in [0, 0.05) is 19.6 Å². The molecule has 0 spiro atoms. The first-order chi connectivity index (χ1) is 9.79. The molecule has 1 aliphatic heterocycles. The summed E-state index contributed by atoms with van der Waals surface area (Å²) in [6, 6.07) is 8.35. The molecule has 1 aliphatic rings. The van der Waals surface area contributed by atoms with Gasteiger partial charge in [0.1, 0.15) is 0 Å².